The Labute approximate surface area is 112 Å². The predicted octanol–water partition coefficient (Wildman–Crippen LogP) is 0.649. The van der Waals surface area contributed by atoms with Gasteiger partial charge in [0.15, 0.2) is 0 Å². The van der Waals surface area contributed by atoms with Crippen molar-refractivity contribution in [1.82, 2.24) is 4.72 Å². The van der Waals surface area contributed by atoms with Gasteiger partial charge in [0.25, 0.3) is 5.91 Å². The second-order valence-electron chi connectivity index (χ2n) is 3.60. The van der Waals surface area contributed by atoms with Crippen LogP contribution < -0.4 is 15.2 Å². The molecule has 0 fully saturated rings. The molecule has 104 valence electrons. The largest absolute Gasteiger partial charge is 0.493 e. The van der Waals surface area contributed by atoms with Crippen molar-refractivity contribution in [2.45, 2.75) is 11.8 Å². The molecule has 0 bridgehead atoms. The van der Waals surface area contributed by atoms with Crippen LogP contribution in [-0.2, 0) is 10.0 Å². The zero-order chi connectivity index (χ0) is 14.5. The fourth-order valence-corrected chi connectivity index (χ4v) is 2.43. The summed E-state index contributed by atoms with van der Waals surface area (Å²) in [6, 6.07) is 3.95. The molecule has 0 aliphatic rings. The molecule has 6 nitrogen and oxygen atoms in total. The molecule has 7 heteroatoms. The highest BCUT2D eigenvalue weighted by Gasteiger charge is 2.18. The number of nitrogens with two attached hydrogens (primary N) is 1. The fourth-order valence-electron chi connectivity index (χ4n) is 1.40. The molecule has 0 aliphatic heterocycles. The van der Waals surface area contributed by atoms with Gasteiger partial charge in [-0.3, -0.25) is 4.79 Å². The Bertz CT molecular complexity index is 581. The van der Waals surface area contributed by atoms with E-state index in [0.29, 0.717) is 6.61 Å². The summed E-state index contributed by atoms with van der Waals surface area (Å²) in [5.74, 6) is -0.484. The molecule has 0 spiro atoms. The zero-order valence-electron chi connectivity index (χ0n) is 10.5. The number of rotatable bonds is 7. The number of amides is 1. The maximum Gasteiger partial charge on any atom is 0.252 e. The van der Waals surface area contributed by atoms with Gasteiger partial charge in [0, 0.05) is 6.54 Å². The lowest BCUT2D eigenvalue weighted by molar-refractivity contribution is 0.0996. The van der Waals surface area contributed by atoms with Gasteiger partial charge in [0.2, 0.25) is 10.0 Å². The summed E-state index contributed by atoms with van der Waals surface area (Å²) in [5.41, 5.74) is 5.24. The van der Waals surface area contributed by atoms with Crippen LogP contribution in [0.4, 0.5) is 0 Å². The lowest BCUT2D eigenvalue weighted by atomic mass is 10.2. The summed E-state index contributed by atoms with van der Waals surface area (Å²) < 4.78 is 31.3. The van der Waals surface area contributed by atoms with E-state index >= 15 is 0 Å². The topological polar surface area (TPSA) is 98.5 Å². The Hall–Kier alpha value is -1.86. The molecule has 0 aromatic heterocycles. The average Bonchev–Trinajstić information content (AvgIpc) is 2.37. The van der Waals surface area contributed by atoms with Crippen molar-refractivity contribution in [3.8, 4) is 5.75 Å². The average molecular weight is 284 g/mol. The molecule has 1 amide bonds. The Kier molecular flexibility index (Phi) is 5.08. The number of benzene rings is 1. The number of carbonyl (C=O) groups is 1. The lowest BCUT2D eigenvalue weighted by Gasteiger charge is -2.10. The van der Waals surface area contributed by atoms with Gasteiger partial charge < -0.3 is 10.5 Å². The zero-order valence-corrected chi connectivity index (χ0v) is 11.4. The second kappa shape index (κ2) is 6.35. The molecule has 1 aromatic carbocycles. The van der Waals surface area contributed by atoms with Crippen LogP contribution >= 0.6 is 0 Å². The van der Waals surface area contributed by atoms with E-state index in [-0.39, 0.29) is 22.8 Å². The van der Waals surface area contributed by atoms with Gasteiger partial charge in [-0.15, -0.1) is 6.58 Å². The van der Waals surface area contributed by atoms with Crippen LogP contribution in [-0.4, -0.2) is 27.5 Å². The normalized spacial score (nSPS) is 11.0. The maximum atomic E-state index is 11.9. The van der Waals surface area contributed by atoms with Crippen molar-refractivity contribution in [2.75, 3.05) is 13.2 Å². The molecule has 0 saturated heterocycles. The van der Waals surface area contributed by atoms with Gasteiger partial charge in [-0.05, 0) is 25.1 Å². The number of hydrogen-bond donors (Lipinski definition) is 2. The van der Waals surface area contributed by atoms with Crippen molar-refractivity contribution < 1.29 is 17.9 Å². The molecule has 3 N–H and O–H groups in total. The SMILES string of the molecule is C=CCNS(=O)(=O)c1ccc(OCC)c(C(N)=O)c1. The van der Waals surface area contributed by atoms with Crippen LogP contribution in [0.15, 0.2) is 35.7 Å². The van der Waals surface area contributed by atoms with E-state index in [1.54, 1.807) is 6.92 Å². The summed E-state index contributed by atoms with van der Waals surface area (Å²) in [7, 11) is -3.69. The van der Waals surface area contributed by atoms with E-state index in [2.05, 4.69) is 11.3 Å². The van der Waals surface area contributed by atoms with E-state index in [0.717, 1.165) is 0 Å². The molecule has 0 saturated carbocycles. The van der Waals surface area contributed by atoms with E-state index in [4.69, 9.17) is 10.5 Å². The number of nitrogens with one attached hydrogen (secondary N) is 1. The van der Waals surface area contributed by atoms with Crippen LogP contribution in [0.1, 0.15) is 17.3 Å². The van der Waals surface area contributed by atoms with Gasteiger partial charge >= 0.3 is 0 Å². The summed E-state index contributed by atoms with van der Waals surface area (Å²) in [6.07, 6.45) is 1.42. The van der Waals surface area contributed by atoms with Crippen molar-refractivity contribution >= 4 is 15.9 Å². The Morgan fingerprint density at radius 2 is 2.21 bits per heavy atom. The van der Waals surface area contributed by atoms with E-state index in [9.17, 15) is 13.2 Å². The third kappa shape index (κ3) is 3.80. The van der Waals surface area contributed by atoms with E-state index in [1.807, 2.05) is 0 Å². The Morgan fingerprint density at radius 1 is 1.53 bits per heavy atom. The van der Waals surface area contributed by atoms with Crippen LogP contribution in [0.2, 0.25) is 0 Å². The molecule has 19 heavy (non-hydrogen) atoms. The molecule has 0 unspecified atom stereocenters. The van der Waals surface area contributed by atoms with Crippen LogP contribution in [0.25, 0.3) is 0 Å². The second-order valence-corrected chi connectivity index (χ2v) is 5.36. The highest BCUT2D eigenvalue weighted by Crippen LogP contribution is 2.22. The molecule has 1 rings (SSSR count). The third-order valence-corrected chi connectivity index (χ3v) is 3.67. The minimum atomic E-state index is -3.69. The van der Waals surface area contributed by atoms with E-state index < -0.39 is 15.9 Å². The van der Waals surface area contributed by atoms with Crippen molar-refractivity contribution in [3.05, 3.63) is 36.4 Å². The first kappa shape index (κ1) is 15.2. The summed E-state index contributed by atoms with van der Waals surface area (Å²) in [5, 5.41) is 0. The summed E-state index contributed by atoms with van der Waals surface area (Å²) in [6.45, 7) is 5.62. The highest BCUT2D eigenvalue weighted by molar-refractivity contribution is 7.89. The standard InChI is InChI=1S/C12H16N2O4S/c1-3-7-14-19(16,17)9-5-6-11(18-4-2)10(8-9)12(13)15/h3,5-6,8,14H,1,4,7H2,2H3,(H2,13,15). The van der Waals surface area contributed by atoms with Gasteiger partial charge in [-0.2, -0.15) is 0 Å². The first-order valence-corrected chi connectivity index (χ1v) is 7.08. The molecule has 0 atom stereocenters. The predicted molar refractivity (Wildman–Crippen MR) is 71.5 cm³/mol. The fraction of sp³-hybridized carbons (Fsp3) is 0.250. The van der Waals surface area contributed by atoms with Crippen LogP contribution in [0, 0.1) is 0 Å². The smallest absolute Gasteiger partial charge is 0.252 e. The number of carbonyl (C=O) groups excluding carboxylic acids is 1. The van der Waals surface area contributed by atoms with Crippen molar-refractivity contribution in [1.29, 1.82) is 0 Å². The number of primary amides is 1. The lowest BCUT2D eigenvalue weighted by Crippen LogP contribution is -2.24. The van der Waals surface area contributed by atoms with Gasteiger partial charge in [0.1, 0.15) is 5.75 Å². The molecule has 1 aromatic rings. The monoisotopic (exact) mass is 284 g/mol. The van der Waals surface area contributed by atoms with Crippen LogP contribution in [0.5, 0.6) is 5.75 Å². The Balaban J connectivity index is 3.21. The van der Waals surface area contributed by atoms with Crippen molar-refractivity contribution in [2.24, 2.45) is 5.73 Å². The molecule has 0 heterocycles. The number of ether oxygens (including phenoxy) is 1. The quantitative estimate of drug-likeness (QED) is 0.718. The molecule has 0 aliphatic carbocycles. The van der Waals surface area contributed by atoms with Gasteiger partial charge in [0.05, 0.1) is 17.1 Å². The van der Waals surface area contributed by atoms with Gasteiger partial charge in [-0.1, -0.05) is 6.08 Å². The Morgan fingerprint density at radius 3 is 2.74 bits per heavy atom. The minimum Gasteiger partial charge on any atom is -0.493 e. The van der Waals surface area contributed by atoms with Crippen molar-refractivity contribution in [3.63, 3.8) is 0 Å². The molecular formula is C12H16N2O4S. The van der Waals surface area contributed by atoms with Gasteiger partial charge in [-0.25, -0.2) is 13.1 Å². The van der Waals surface area contributed by atoms with Crippen LogP contribution in [0.3, 0.4) is 0 Å². The molecular weight excluding hydrogens is 268 g/mol. The summed E-state index contributed by atoms with van der Waals surface area (Å²) in [4.78, 5) is 11.3. The molecule has 0 radical (unpaired) electrons. The summed E-state index contributed by atoms with van der Waals surface area (Å²) >= 11 is 0. The number of hydrogen-bond acceptors (Lipinski definition) is 4. The first-order chi connectivity index (χ1) is 8.92. The maximum absolute atomic E-state index is 11.9. The third-order valence-electron chi connectivity index (χ3n) is 2.24. The highest BCUT2D eigenvalue weighted by atomic mass is 32.2. The van der Waals surface area contributed by atoms with E-state index in [1.165, 1.54) is 24.3 Å². The minimum absolute atomic E-state index is 0.0309. The first-order valence-electron chi connectivity index (χ1n) is 5.59. The number of sulfonamides is 1.